The lowest BCUT2D eigenvalue weighted by atomic mass is 9.99. The Kier molecular flexibility index (Phi) is 25.5. The van der Waals surface area contributed by atoms with Gasteiger partial charge in [-0.2, -0.15) is 0 Å². The van der Waals surface area contributed by atoms with E-state index < -0.39 is 36.9 Å². The van der Waals surface area contributed by atoms with E-state index in [2.05, 4.69) is 25.2 Å². The van der Waals surface area contributed by atoms with E-state index in [9.17, 15) is 25.2 Å². The van der Waals surface area contributed by atoms with Gasteiger partial charge in [0.15, 0.2) is 0 Å². The maximum atomic E-state index is 12.3. The molecule has 0 aromatic heterocycles. The second-order valence-corrected chi connectivity index (χ2v) is 15.4. The first-order valence-electron chi connectivity index (χ1n) is 22.2. The van der Waals surface area contributed by atoms with Gasteiger partial charge in [-0.1, -0.05) is 140 Å². The molecule has 330 valence electrons. The van der Waals surface area contributed by atoms with Crippen molar-refractivity contribution in [3.05, 3.63) is 66.7 Å². The first-order chi connectivity index (χ1) is 28.8. The van der Waals surface area contributed by atoms with E-state index in [1.807, 2.05) is 60.7 Å². The predicted molar refractivity (Wildman–Crippen MR) is 234 cm³/mol. The molecular weight excluding hydrogens is 751 g/mol. The molecule has 0 spiro atoms. The van der Waals surface area contributed by atoms with E-state index in [0.29, 0.717) is 19.0 Å². The number of ether oxygens (including phenoxy) is 4. The molecule has 3 aromatic carbocycles. The Labute approximate surface area is 353 Å². The molecule has 1 amide bonds. The summed E-state index contributed by atoms with van der Waals surface area (Å²) in [5, 5.41) is 50.7. The van der Waals surface area contributed by atoms with E-state index in [-0.39, 0.29) is 26.4 Å². The lowest BCUT2D eigenvalue weighted by Crippen LogP contribution is -2.50. The summed E-state index contributed by atoms with van der Waals surface area (Å²) >= 11 is 0. The van der Waals surface area contributed by atoms with Crippen LogP contribution in [0.2, 0.25) is 0 Å². The lowest BCUT2D eigenvalue weighted by molar-refractivity contribution is -0.129. The van der Waals surface area contributed by atoms with Crippen LogP contribution in [0.15, 0.2) is 66.7 Å². The van der Waals surface area contributed by atoms with Gasteiger partial charge in [0.1, 0.15) is 48.8 Å². The average molecular weight is 824 g/mol. The molecule has 3 rings (SSSR count). The fourth-order valence-electron chi connectivity index (χ4n) is 6.71. The zero-order valence-corrected chi connectivity index (χ0v) is 35.7. The SMILES string of the molecule is CCCCCCCCCCOc1ccc(-c2ccc(-c3ccc(OCCCCCCCCCC)cc3)c(OCCOCC(=O)NC[C@H](O)[C@@H](O)[C@H](O)[C@H](O)CO)c2)cc1. The van der Waals surface area contributed by atoms with Crippen molar-refractivity contribution in [3.63, 3.8) is 0 Å². The highest BCUT2D eigenvalue weighted by Gasteiger charge is 2.30. The second-order valence-electron chi connectivity index (χ2n) is 15.4. The molecule has 6 N–H and O–H groups in total. The molecule has 4 atom stereocenters. The van der Waals surface area contributed by atoms with Gasteiger partial charge in [0, 0.05) is 12.1 Å². The van der Waals surface area contributed by atoms with Crippen LogP contribution in [0.3, 0.4) is 0 Å². The Morgan fingerprint density at radius 1 is 0.542 bits per heavy atom. The van der Waals surface area contributed by atoms with Gasteiger partial charge in [-0.15, -0.1) is 0 Å². The number of rotatable bonds is 34. The largest absolute Gasteiger partial charge is 0.494 e. The molecule has 11 heteroatoms. The van der Waals surface area contributed by atoms with Gasteiger partial charge in [-0.25, -0.2) is 0 Å². The van der Waals surface area contributed by atoms with Crippen LogP contribution in [0, 0.1) is 0 Å². The summed E-state index contributed by atoms with van der Waals surface area (Å²) in [6.45, 7) is 4.64. The number of nitrogens with one attached hydrogen (secondary N) is 1. The van der Waals surface area contributed by atoms with Crippen LogP contribution >= 0.6 is 0 Å². The van der Waals surface area contributed by atoms with E-state index >= 15 is 0 Å². The molecule has 59 heavy (non-hydrogen) atoms. The maximum absolute atomic E-state index is 12.3. The van der Waals surface area contributed by atoms with Crippen LogP contribution in [0.25, 0.3) is 22.3 Å². The summed E-state index contributed by atoms with van der Waals surface area (Å²) in [6, 6.07) is 22.2. The Morgan fingerprint density at radius 3 is 1.54 bits per heavy atom. The van der Waals surface area contributed by atoms with Crippen molar-refractivity contribution in [2.75, 3.05) is 46.2 Å². The van der Waals surface area contributed by atoms with Gasteiger partial charge in [0.05, 0.1) is 32.5 Å². The van der Waals surface area contributed by atoms with Gasteiger partial charge in [0.25, 0.3) is 0 Å². The van der Waals surface area contributed by atoms with Crippen molar-refractivity contribution in [2.24, 2.45) is 0 Å². The van der Waals surface area contributed by atoms with Crippen LogP contribution in [-0.2, 0) is 9.53 Å². The molecule has 0 saturated heterocycles. The Morgan fingerprint density at radius 2 is 1.02 bits per heavy atom. The molecule has 0 aliphatic carbocycles. The third-order valence-electron chi connectivity index (χ3n) is 10.4. The van der Waals surface area contributed by atoms with Gasteiger partial charge < -0.3 is 49.8 Å². The zero-order chi connectivity index (χ0) is 42.5. The van der Waals surface area contributed by atoms with Crippen molar-refractivity contribution < 1.29 is 49.3 Å². The van der Waals surface area contributed by atoms with E-state index in [4.69, 9.17) is 24.1 Å². The third-order valence-corrected chi connectivity index (χ3v) is 10.4. The lowest BCUT2D eigenvalue weighted by Gasteiger charge is -2.25. The van der Waals surface area contributed by atoms with Crippen molar-refractivity contribution in [1.82, 2.24) is 5.32 Å². The monoisotopic (exact) mass is 824 g/mol. The van der Waals surface area contributed by atoms with Gasteiger partial charge in [-0.3, -0.25) is 4.79 Å². The Balaban J connectivity index is 1.56. The number of hydrogen-bond donors (Lipinski definition) is 6. The Bertz CT molecular complexity index is 1520. The molecule has 0 fully saturated rings. The van der Waals surface area contributed by atoms with Crippen LogP contribution in [0.1, 0.15) is 117 Å². The fourth-order valence-corrected chi connectivity index (χ4v) is 6.71. The zero-order valence-electron chi connectivity index (χ0n) is 35.7. The van der Waals surface area contributed by atoms with Crippen molar-refractivity contribution in [2.45, 2.75) is 141 Å². The minimum absolute atomic E-state index is 0.0973. The number of benzene rings is 3. The van der Waals surface area contributed by atoms with E-state index in [1.54, 1.807) is 0 Å². The number of amides is 1. The molecule has 3 aromatic rings. The van der Waals surface area contributed by atoms with Gasteiger partial charge >= 0.3 is 0 Å². The fraction of sp³-hybridized carbons (Fsp3) is 0.604. The highest BCUT2D eigenvalue weighted by molar-refractivity contribution is 5.77. The summed E-state index contributed by atoms with van der Waals surface area (Å²) < 4.78 is 23.9. The molecule has 0 heterocycles. The van der Waals surface area contributed by atoms with E-state index in [0.717, 1.165) is 46.6 Å². The van der Waals surface area contributed by atoms with Crippen LogP contribution in [0.5, 0.6) is 17.2 Å². The first-order valence-corrected chi connectivity index (χ1v) is 22.2. The second kappa shape index (κ2) is 30.3. The number of unbranched alkanes of at least 4 members (excludes halogenated alkanes) is 14. The van der Waals surface area contributed by atoms with Crippen molar-refractivity contribution in [1.29, 1.82) is 0 Å². The highest BCUT2D eigenvalue weighted by atomic mass is 16.5. The van der Waals surface area contributed by atoms with E-state index in [1.165, 1.54) is 89.9 Å². The normalized spacial score (nSPS) is 13.4. The van der Waals surface area contributed by atoms with Gasteiger partial charge in [0.2, 0.25) is 5.91 Å². The summed E-state index contributed by atoms with van der Waals surface area (Å²) in [7, 11) is 0. The van der Waals surface area contributed by atoms with Crippen molar-refractivity contribution in [3.8, 4) is 39.5 Å². The molecule has 0 bridgehead atoms. The summed E-state index contributed by atoms with van der Waals surface area (Å²) in [4.78, 5) is 12.3. The van der Waals surface area contributed by atoms with Crippen LogP contribution < -0.4 is 19.5 Å². The summed E-state index contributed by atoms with van der Waals surface area (Å²) in [5.41, 5.74) is 3.85. The van der Waals surface area contributed by atoms with Gasteiger partial charge in [-0.05, 0) is 59.9 Å². The molecule has 11 nitrogen and oxygen atoms in total. The average Bonchev–Trinajstić information content (AvgIpc) is 3.26. The molecule has 0 aliphatic rings. The molecular formula is C48H73NO10. The predicted octanol–water partition coefficient (Wildman–Crippen LogP) is 8.01. The van der Waals surface area contributed by atoms with Crippen molar-refractivity contribution >= 4 is 5.91 Å². The number of carbonyl (C=O) groups excluding carboxylic acids is 1. The first kappa shape index (κ1) is 49.7. The number of aliphatic hydroxyl groups excluding tert-OH is 5. The summed E-state index contributed by atoms with van der Waals surface area (Å²) in [5.74, 6) is 1.78. The van der Waals surface area contributed by atoms with Crippen LogP contribution in [0.4, 0.5) is 0 Å². The third kappa shape index (κ3) is 19.9. The minimum atomic E-state index is -1.78. The summed E-state index contributed by atoms with van der Waals surface area (Å²) in [6.07, 6.45) is 13.3. The van der Waals surface area contributed by atoms with Crippen LogP contribution in [-0.4, -0.2) is 102 Å². The molecule has 0 radical (unpaired) electrons. The number of aliphatic hydroxyl groups is 5. The quantitative estimate of drug-likeness (QED) is 0.0325. The molecule has 0 unspecified atom stereocenters. The standard InChI is InChI=1S/C48H73NO10/c1-3-5-7-9-11-13-15-17-29-57-40-24-19-37(20-25-40)39-23-28-42(38-21-26-41(27-22-38)58-30-18-16-14-12-10-8-6-4-2)45(33-39)59-32-31-56-36-46(53)49-34-43(51)47(54)48(55)44(52)35-50/h19-28,33,43-44,47-48,50-52,54-55H,3-18,29-32,34-36H2,1-2H3,(H,49,53)/t43-,44+,47+,48+/m0/s1. The topological polar surface area (TPSA) is 167 Å². The Hall–Kier alpha value is -3.71. The smallest absolute Gasteiger partial charge is 0.246 e. The highest BCUT2D eigenvalue weighted by Crippen LogP contribution is 2.36. The number of hydrogen-bond acceptors (Lipinski definition) is 10. The molecule has 0 saturated carbocycles. The molecule has 0 aliphatic heterocycles. The minimum Gasteiger partial charge on any atom is -0.494 e. The number of carbonyl (C=O) groups is 1. The maximum Gasteiger partial charge on any atom is 0.246 e.